The number of nitrogens with zero attached hydrogens (tertiary/aromatic N) is 8. The van der Waals surface area contributed by atoms with E-state index in [1.54, 1.807) is 0 Å². The molecule has 0 N–H and O–H groups in total. The molecule has 1 aliphatic rings. The van der Waals surface area contributed by atoms with Crippen molar-refractivity contribution >= 4 is 11.5 Å². The van der Waals surface area contributed by atoms with Gasteiger partial charge in [-0.3, -0.25) is 0 Å². The highest BCUT2D eigenvalue weighted by molar-refractivity contribution is 5.59. The van der Waals surface area contributed by atoms with E-state index >= 15 is 0 Å². The molecule has 4 heterocycles. The van der Waals surface area contributed by atoms with Crippen LogP contribution >= 0.6 is 0 Å². The largest absolute Gasteiger partial charge is 0.343 e. The maximum atomic E-state index is 4.86. The normalized spacial score (nSPS) is 16.7. The number of anilines is 1. The predicted molar refractivity (Wildman–Crippen MR) is 106 cm³/mol. The third-order valence-corrected chi connectivity index (χ3v) is 5.31. The maximum Gasteiger partial charge on any atom is 0.185 e. The third-order valence-electron chi connectivity index (χ3n) is 5.31. The second-order valence-corrected chi connectivity index (χ2v) is 7.44. The van der Waals surface area contributed by atoms with Crippen LogP contribution in [0.4, 0.5) is 5.82 Å². The molecule has 0 saturated heterocycles. The number of fused-ring (bicyclic) bond motifs is 2. The Bertz CT molecular complexity index is 1130. The fraction of sp³-hybridized carbons (Fsp3) is 0.350. The summed E-state index contributed by atoms with van der Waals surface area (Å²) in [5.41, 5.74) is 1.73. The van der Waals surface area contributed by atoms with Gasteiger partial charge in [0.2, 0.25) is 0 Å². The molecule has 1 unspecified atom stereocenters. The van der Waals surface area contributed by atoms with Crippen LogP contribution in [-0.4, -0.2) is 41.1 Å². The van der Waals surface area contributed by atoms with Crippen LogP contribution in [0.1, 0.15) is 44.4 Å². The van der Waals surface area contributed by atoms with Gasteiger partial charge in [-0.1, -0.05) is 44.2 Å². The van der Waals surface area contributed by atoms with Gasteiger partial charge in [0.25, 0.3) is 0 Å². The molecule has 0 amide bonds. The first-order valence-electron chi connectivity index (χ1n) is 9.61. The van der Waals surface area contributed by atoms with E-state index in [4.69, 9.17) is 5.10 Å². The average Bonchev–Trinajstić information content (AvgIpc) is 3.33. The first kappa shape index (κ1) is 16.9. The molecule has 0 saturated carbocycles. The summed E-state index contributed by atoms with van der Waals surface area (Å²) in [6, 6.07) is 14.1. The van der Waals surface area contributed by atoms with Crippen molar-refractivity contribution in [1.82, 2.24) is 34.6 Å². The van der Waals surface area contributed by atoms with Gasteiger partial charge >= 0.3 is 0 Å². The minimum absolute atomic E-state index is 0.0929. The van der Waals surface area contributed by atoms with Crippen LogP contribution in [0.15, 0.2) is 42.5 Å². The minimum atomic E-state index is 0.0929. The van der Waals surface area contributed by atoms with E-state index in [9.17, 15) is 0 Å². The smallest absolute Gasteiger partial charge is 0.185 e. The van der Waals surface area contributed by atoms with E-state index < -0.39 is 0 Å². The van der Waals surface area contributed by atoms with E-state index in [0.29, 0.717) is 5.92 Å². The Morgan fingerprint density at radius 2 is 1.75 bits per heavy atom. The summed E-state index contributed by atoms with van der Waals surface area (Å²) in [5, 5.41) is 22.3. The van der Waals surface area contributed by atoms with Crippen molar-refractivity contribution in [1.29, 1.82) is 0 Å². The van der Waals surface area contributed by atoms with Crippen LogP contribution in [0, 0.1) is 0 Å². The van der Waals surface area contributed by atoms with Crippen LogP contribution in [0.25, 0.3) is 17.0 Å². The molecule has 0 bridgehead atoms. The summed E-state index contributed by atoms with van der Waals surface area (Å²) in [6.45, 7) is 8.17. The lowest BCUT2D eigenvalue weighted by molar-refractivity contribution is 0.475. The molecule has 3 aromatic heterocycles. The Hall–Kier alpha value is -3.29. The summed E-state index contributed by atoms with van der Waals surface area (Å²) in [5.74, 6) is 4.03. The van der Waals surface area contributed by atoms with Crippen LogP contribution < -0.4 is 4.90 Å². The first-order chi connectivity index (χ1) is 13.6. The zero-order valence-electron chi connectivity index (χ0n) is 16.2. The molecule has 28 heavy (non-hydrogen) atoms. The Kier molecular flexibility index (Phi) is 3.85. The molecule has 5 rings (SSSR count). The molecule has 1 aliphatic heterocycles. The van der Waals surface area contributed by atoms with Gasteiger partial charge in [-0.2, -0.15) is 4.52 Å². The molecule has 8 nitrogen and oxygen atoms in total. The number of benzene rings is 1. The predicted octanol–water partition coefficient (Wildman–Crippen LogP) is 3.09. The molecule has 1 aromatic carbocycles. The summed E-state index contributed by atoms with van der Waals surface area (Å²) in [6.07, 6.45) is 0. The molecule has 0 spiro atoms. The fourth-order valence-electron chi connectivity index (χ4n) is 3.85. The van der Waals surface area contributed by atoms with Crippen molar-refractivity contribution in [2.24, 2.45) is 0 Å². The van der Waals surface area contributed by atoms with Gasteiger partial charge in [0, 0.05) is 24.6 Å². The molecule has 0 aliphatic carbocycles. The van der Waals surface area contributed by atoms with Gasteiger partial charge in [0.15, 0.2) is 17.3 Å². The standard InChI is InChI=1S/C20H22N8/c1-13(2)18-22-23-19-14(3)26(11-12-27(18)19)17-10-9-16-21-24-20(28(16)25-17)15-7-5-4-6-8-15/h4-10,13-14H,11-12H2,1-3H3. The van der Waals surface area contributed by atoms with Crippen LogP contribution in [0.3, 0.4) is 0 Å². The third kappa shape index (κ3) is 2.56. The lowest BCUT2D eigenvalue weighted by Crippen LogP contribution is -2.38. The summed E-state index contributed by atoms with van der Waals surface area (Å²) in [7, 11) is 0. The second kappa shape index (κ2) is 6.40. The van der Waals surface area contributed by atoms with Crippen LogP contribution in [0.2, 0.25) is 0 Å². The number of rotatable bonds is 3. The van der Waals surface area contributed by atoms with Crippen molar-refractivity contribution < 1.29 is 0 Å². The number of aromatic nitrogens is 7. The van der Waals surface area contributed by atoms with E-state index in [1.165, 1.54) is 0 Å². The zero-order chi connectivity index (χ0) is 19.3. The van der Waals surface area contributed by atoms with Gasteiger partial charge in [0.1, 0.15) is 11.6 Å². The Morgan fingerprint density at radius 3 is 2.54 bits per heavy atom. The summed E-state index contributed by atoms with van der Waals surface area (Å²) >= 11 is 0. The summed E-state index contributed by atoms with van der Waals surface area (Å²) in [4.78, 5) is 2.27. The Balaban J connectivity index is 1.54. The van der Waals surface area contributed by atoms with E-state index in [1.807, 2.05) is 47.0 Å². The number of hydrogen-bond donors (Lipinski definition) is 0. The van der Waals surface area contributed by atoms with Gasteiger partial charge in [-0.05, 0) is 19.1 Å². The Morgan fingerprint density at radius 1 is 0.929 bits per heavy atom. The molecule has 142 valence electrons. The molecule has 0 fully saturated rings. The molecular weight excluding hydrogens is 352 g/mol. The number of hydrogen-bond acceptors (Lipinski definition) is 6. The first-order valence-corrected chi connectivity index (χ1v) is 9.61. The second-order valence-electron chi connectivity index (χ2n) is 7.44. The maximum absolute atomic E-state index is 4.86. The average molecular weight is 374 g/mol. The van der Waals surface area contributed by atoms with E-state index in [0.717, 1.165) is 47.6 Å². The SMILES string of the molecule is CC(C)c1nnc2n1CCN(c1ccc3nnc(-c4ccccc4)n3n1)C2C. The molecule has 8 heteroatoms. The van der Waals surface area contributed by atoms with Crippen LogP contribution in [-0.2, 0) is 6.54 Å². The van der Waals surface area contributed by atoms with Crippen molar-refractivity contribution in [3.8, 4) is 11.4 Å². The summed E-state index contributed by atoms with van der Waals surface area (Å²) < 4.78 is 4.06. The fourth-order valence-corrected chi connectivity index (χ4v) is 3.85. The lowest BCUT2D eigenvalue weighted by Gasteiger charge is -2.34. The highest BCUT2D eigenvalue weighted by Gasteiger charge is 2.30. The molecule has 1 atom stereocenters. The van der Waals surface area contributed by atoms with Crippen LogP contribution in [0.5, 0.6) is 0 Å². The van der Waals surface area contributed by atoms with Crippen molar-refractivity contribution in [2.75, 3.05) is 11.4 Å². The lowest BCUT2D eigenvalue weighted by atomic mass is 10.1. The minimum Gasteiger partial charge on any atom is -0.343 e. The Labute approximate surface area is 162 Å². The van der Waals surface area contributed by atoms with E-state index in [2.05, 4.69) is 50.6 Å². The highest BCUT2D eigenvalue weighted by Crippen LogP contribution is 2.30. The quantitative estimate of drug-likeness (QED) is 0.548. The van der Waals surface area contributed by atoms with Crippen molar-refractivity contribution in [3.63, 3.8) is 0 Å². The topological polar surface area (TPSA) is 77.0 Å². The monoisotopic (exact) mass is 374 g/mol. The van der Waals surface area contributed by atoms with Gasteiger partial charge < -0.3 is 9.47 Å². The molecule has 0 radical (unpaired) electrons. The van der Waals surface area contributed by atoms with Gasteiger partial charge in [-0.25, -0.2) is 0 Å². The highest BCUT2D eigenvalue weighted by atomic mass is 15.4. The van der Waals surface area contributed by atoms with Crippen molar-refractivity contribution in [3.05, 3.63) is 54.1 Å². The van der Waals surface area contributed by atoms with Gasteiger partial charge in [-0.15, -0.1) is 25.5 Å². The van der Waals surface area contributed by atoms with Crippen molar-refractivity contribution in [2.45, 2.75) is 39.3 Å². The van der Waals surface area contributed by atoms with E-state index in [-0.39, 0.29) is 6.04 Å². The van der Waals surface area contributed by atoms with Gasteiger partial charge in [0.05, 0.1) is 6.04 Å². The molecule has 4 aromatic rings. The zero-order valence-corrected chi connectivity index (χ0v) is 16.2. The molecular formula is C20H22N8.